The van der Waals surface area contributed by atoms with Crippen molar-refractivity contribution in [3.63, 3.8) is 0 Å². The van der Waals surface area contributed by atoms with Crippen LogP contribution in [-0.2, 0) is 10.0 Å². The highest BCUT2D eigenvalue weighted by atomic mass is 32.2. The van der Waals surface area contributed by atoms with Crippen molar-refractivity contribution in [2.45, 2.75) is 37.6 Å². The third-order valence-corrected chi connectivity index (χ3v) is 4.09. The summed E-state index contributed by atoms with van der Waals surface area (Å²) >= 11 is 0. The van der Waals surface area contributed by atoms with Crippen LogP contribution in [0.25, 0.3) is 0 Å². The summed E-state index contributed by atoms with van der Waals surface area (Å²) in [6.07, 6.45) is 1.51. The molecule has 1 unspecified atom stereocenters. The monoisotopic (exact) mass is 270 g/mol. The topological polar surface area (TPSA) is 70.0 Å². The number of nitrogens with zero attached hydrogens (tertiary/aromatic N) is 1. The van der Waals surface area contributed by atoms with Gasteiger partial charge in [-0.2, -0.15) is 5.26 Å². The van der Waals surface area contributed by atoms with E-state index in [-0.39, 0.29) is 10.9 Å². The van der Waals surface area contributed by atoms with Crippen molar-refractivity contribution in [3.8, 4) is 6.07 Å². The SMILES string of the molecule is CCCC(C)NS(=O)(=O)c1cccc(F)c1C#N. The van der Waals surface area contributed by atoms with E-state index in [2.05, 4.69) is 4.72 Å². The second-order valence-electron chi connectivity index (χ2n) is 4.04. The second-order valence-corrected chi connectivity index (χ2v) is 5.72. The van der Waals surface area contributed by atoms with Crippen LogP contribution in [0.15, 0.2) is 23.1 Å². The zero-order chi connectivity index (χ0) is 13.8. The zero-order valence-corrected chi connectivity index (χ0v) is 11.1. The van der Waals surface area contributed by atoms with Crippen molar-refractivity contribution in [2.75, 3.05) is 0 Å². The second kappa shape index (κ2) is 5.94. The van der Waals surface area contributed by atoms with Gasteiger partial charge in [0.25, 0.3) is 0 Å². The summed E-state index contributed by atoms with van der Waals surface area (Å²) < 4.78 is 39.8. The number of sulfonamides is 1. The van der Waals surface area contributed by atoms with E-state index in [1.807, 2.05) is 6.92 Å². The van der Waals surface area contributed by atoms with E-state index in [1.165, 1.54) is 12.1 Å². The third-order valence-electron chi connectivity index (χ3n) is 2.45. The maximum absolute atomic E-state index is 13.4. The van der Waals surface area contributed by atoms with Crippen molar-refractivity contribution < 1.29 is 12.8 Å². The Bertz CT molecular complexity index is 564. The van der Waals surface area contributed by atoms with E-state index in [0.29, 0.717) is 6.42 Å². The van der Waals surface area contributed by atoms with Crippen LogP contribution < -0.4 is 4.72 Å². The molecule has 0 spiro atoms. The minimum atomic E-state index is -3.86. The predicted octanol–water partition coefficient (Wildman–Crippen LogP) is 2.16. The molecule has 0 heterocycles. The summed E-state index contributed by atoms with van der Waals surface area (Å²) in [4.78, 5) is -0.312. The van der Waals surface area contributed by atoms with Gasteiger partial charge in [-0.15, -0.1) is 0 Å². The molecule has 18 heavy (non-hydrogen) atoms. The van der Waals surface area contributed by atoms with Gasteiger partial charge in [-0.1, -0.05) is 19.4 Å². The molecule has 0 radical (unpaired) electrons. The first-order valence-electron chi connectivity index (χ1n) is 5.63. The van der Waals surface area contributed by atoms with E-state index in [0.717, 1.165) is 12.5 Å². The van der Waals surface area contributed by atoms with Crippen molar-refractivity contribution in [1.29, 1.82) is 5.26 Å². The van der Waals surface area contributed by atoms with Crippen LogP contribution in [0.4, 0.5) is 4.39 Å². The minimum Gasteiger partial charge on any atom is -0.208 e. The summed E-state index contributed by atoms with van der Waals surface area (Å²) in [5.41, 5.74) is -0.450. The Hall–Kier alpha value is -1.45. The third kappa shape index (κ3) is 3.28. The Morgan fingerprint density at radius 3 is 2.72 bits per heavy atom. The number of rotatable bonds is 5. The van der Waals surface area contributed by atoms with E-state index < -0.39 is 21.4 Å². The summed E-state index contributed by atoms with van der Waals surface area (Å²) in [5, 5.41) is 8.82. The molecule has 1 aromatic rings. The Labute approximate surface area is 106 Å². The smallest absolute Gasteiger partial charge is 0.208 e. The molecule has 4 nitrogen and oxygen atoms in total. The van der Waals surface area contributed by atoms with Crippen molar-refractivity contribution in [1.82, 2.24) is 4.72 Å². The molecule has 6 heteroatoms. The fourth-order valence-electron chi connectivity index (χ4n) is 1.66. The largest absolute Gasteiger partial charge is 0.242 e. The first-order valence-corrected chi connectivity index (χ1v) is 7.11. The minimum absolute atomic E-state index is 0.255. The van der Waals surface area contributed by atoms with Gasteiger partial charge in [-0.3, -0.25) is 0 Å². The Balaban J connectivity index is 3.14. The zero-order valence-electron chi connectivity index (χ0n) is 10.3. The molecule has 0 saturated carbocycles. The quantitative estimate of drug-likeness (QED) is 0.891. The molecule has 0 fully saturated rings. The first kappa shape index (κ1) is 14.6. The van der Waals surface area contributed by atoms with E-state index in [1.54, 1.807) is 13.0 Å². The lowest BCUT2D eigenvalue weighted by atomic mass is 10.2. The van der Waals surface area contributed by atoms with Crippen LogP contribution in [0.1, 0.15) is 32.3 Å². The first-order chi connectivity index (χ1) is 8.42. The normalized spacial score (nSPS) is 13.0. The summed E-state index contributed by atoms with van der Waals surface area (Å²) in [6.45, 7) is 3.67. The van der Waals surface area contributed by atoms with Crippen molar-refractivity contribution in [3.05, 3.63) is 29.6 Å². The number of halogens is 1. The fourth-order valence-corrected chi connectivity index (χ4v) is 3.10. The van der Waals surface area contributed by atoms with E-state index >= 15 is 0 Å². The summed E-state index contributed by atoms with van der Waals surface area (Å²) in [5.74, 6) is -0.830. The lowest BCUT2D eigenvalue weighted by Crippen LogP contribution is -2.33. The Kier molecular flexibility index (Phi) is 4.82. The van der Waals surface area contributed by atoms with Crippen LogP contribution in [0.2, 0.25) is 0 Å². The number of nitrogens with one attached hydrogen (secondary N) is 1. The molecule has 0 bridgehead atoms. The summed E-state index contributed by atoms with van der Waals surface area (Å²) in [6, 6.07) is 4.89. The van der Waals surface area contributed by atoms with Gasteiger partial charge in [0.2, 0.25) is 10.0 Å². The van der Waals surface area contributed by atoms with Gasteiger partial charge in [-0.25, -0.2) is 17.5 Å². The molecule has 0 aliphatic carbocycles. The lowest BCUT2D eigenvalue weighted by molar-refractivity contribution is 0.541. The highest BCUT2D eigenvalue weighted by Crippen LogP contribution is 2.18. The molecule has 1 rings (SSSR count). The molecule has 0 aromatic heterocycles. The average molecular weight is 270 g/mol. The standard InChI is InChI=1S/C12H15FN2O2S/c1-3-5-9(2)15-18(16,17)12-7-4-6-11(13)10(12)8-14/h4,6-7,9,15H,3,5H2,1-2H3. The molecule has 0 aliphatic heterocycles. The highest BCUT2D eigenvalue weighted by molar-refractivity contribution is 7.89. The maximum Gasteiger partial charge on any atom is 0.242 e. The predicted molar refractivity (Wildman–Crippen MR) is 65.8 cm³/mol. The van der Waals surface area contributed by atoms with E-state index in [9.17, 15) is 12.8 Å². The molecule has 98 valence electrons. The van der Waals surface area contributed by atoms with Crippen LogP contribution in [0.3, 0.4) is 0 Å². The van der Waals surface area contributed by atoms with Crippen LogP contribution >= 0.6 is 0 Å². The number of hydrogen-bond acceptors (Lipinski definition) is 3. The number of nitriles is 1. The fraction of sp³-hybridized carbons (Fsp3) is 0.417. The van der Waals surface area contributed by atoms with Gasteiger partial charge in [-0.05, 0) is 25.5 Å². The van der Waals surface area contributed by atoms with Gasteiger partial charge >= 0.3 is 0 Å². The molecular formula is C12H15FN2O2S. The molecular weight excluding hydrogens is 255 g/mol. The van der Waals surface area contributed by atoms with Crippen molar-refractivity contribution in [2.24, 2.45) is 0 Å². The van der Waals surface area contributed by atoms with Gasteiger partial charge < -0.3 is 0 Å². The van der Waals surface area contributed by atoms with Gasteiger partial charge in [0, 0.05) is 6.04 Å². The Morgan fingerprint density at radius 1 is 1.50 bits per heavy atom. The van der Waals surface area contributed by atoms with Crippen molar-refractivity contribution >= 4 is 10.0 Å². The molecule has 1 aromatic carbocycles. The average Bonchev–Trinajstić information content (AvgIpc) is 2.28. The maximum atomic E-state index is 13.4. The lowest BCUT2D eigenvalue weighted by Gasteiger charge is -2.14. The Morgan fingerprint density at radius 2 is 2.17 bits per heavy atom. The van der Waals surface area contributed by atoms with E-state index in [4.69, 9.17) is 5.26 Å². The van der Waals surface area contributed by atoms with Gasteiger partial charge in [0.05, 0.1) is 0 Å². The van der Waals surface area contributed by atoms with Crippen LogP contribution in [0, 0.1) is 17.1 Å². The molecule has 0 saturated heterocycles. The van der Waals surface area contributed by atoms with Crippen LogP contribution in [-0.4, -0.2) is 14.5 Å². The van der Waals surface area contributed by atoms with Gasteiger partial charge in [0.15, 0.2) is 0 Å². The van der Waals surface area contributed by atoms with Crippen LogP contribution in [0.5, 0.6) is 0 Å². The van der Waals surface area contributed by atoms with Gasteiger partial charge in [0.1, 0.15) is 22.3 Å². The molecule has 1 atom stereocenters. The summed E-state index contributed by atoms with van der Waals surface area (Å²) in [7, 11) is -3.86. The highest BCUT2D eigenvalue weighted by Gasteiger charge is 2.22. The number of hydrogen-bond donors (Lipinski definition) is 1. The molecule has 0 aliphatic rings. The molecule has 1 N–H and O–H groups in total. The number of benzene rings is 1. The molecule has 0 amide bonds.